The van der Waals surface area contributed by atoms with Crippen LogP contribution < -0.4 is 5.32 Å². The Hall–Kier alpha value is -0.970. The highest BCUT2D eigenvalue weighted by atomic mass is 16.3. The van der Waals surface area contributed by atoms with Crippen LogP contribution in [0.4, 0.5) is 0 Å². The molecule has 0 aromatic carbocycles. The van der Waals surface area contributed by atoms with Crippen LogP contribution in [0.2, 0.25) is 0 Å². The van der Waals surface area contributed by atoms with Crippen LogP contribution in [0, 0.1) is 0 Å². The number of nitrogens with zero attached hydrogens (tertiary/aromatic N) is 2. The first-order valence-corrected chi connectivity index (χ1v) is 6.95. The first-order valence-electron chi connectivity index (χ1n) is 6.95. The van der Waals surface area contributed by atoms with Gasteiger partial charge < -0.3 is 10.4 Å². The SMILES string of the molecule is CCN(Cc1ccncc1)CC(O)CNC(C)(C)C. The molecule has 19 heavy (non-hydrogen) atoms. The molecule has 4 heteroatoms. The Morgan fingerprint density at radius 3 is 2.47 bits per heavy atom. The zero-order chi connectivity index (χ0) is 14.3. The van der Waals surface area contributed by atoms with Crippen molar-refractivity contribution in [3.05, 3.63) is 30.1 Å². The minimum atomic E-state index is -0.346. The molecule has 0 fully saturated rings. The van der Waals surface area contributed by atoms with Crippen LogP contribution in [-0.2, 0) is 6.54 Å². The summed E-state index contributed by atoms with van der Waals surface area (Å²) in [6, 6.07) is 4.03. The molecule has 1 aromatic rings. The molecule has 0 radical (unpaired) electrons. The second kappa shape index (κ2) is 7.58. The van der Waals surface area contributed by atoms with Gasteiger partial charge >= 0.3 is 0 Å². The van der Waals surface area contributed by atoms with E-state index in [0.717, 1.165) is 13.1 Å². The molecule has 2 N–H and O–H groups in total. The van der Waals surface area contributed by atoms with E-state index in [1.165, 1.54) is 5.56 Å². The lowest BCUT2D eigenvalue weighted by Gasteiger charge is -2.27. The van der Waals surface area contributed by atoms with Crippen LogP contribution in [0.5, 0.6) is 0 Å². The average Bonchev–Trinajstić information content (AvgIpc) is 2.36. The van der Waals surface area contributed by atoms with E-state index in [0.29, 0.717) is 13.1 Å². The summed E-state index contributed by atoms with van der Waals surface area (Å²) in [5, 5.41) is 13.4. The fourth-order valence-corrected chi connectivity index (χ4v) is 1.84. The van der Waals surface area contributed by atoms with Gasteiger partial charge in [-0.1, -0.05) is 6.92 Å². The smallest absolute Gasteiger partial charge is 0.0791 e. The zero-order valence-corrected chi connectivity index (χ0v) is 12.6. The van der Waals surface area contributed by atoms with Crippen LogP contribution in [-0.4, -0.2) is 46.3 Å². The fraction of sp³-hybridized carbons (Fsp3) is 0.667. The van der Waals surface area contributed by atoms with Gasteiger partial charge in [0, 0.05) is 37.6 Å². The van der Waals surface area contributed by atoms with E-state index in [2.05, 4.69) is 42.9 Å². The van der Waals surface area contributed by atoms with Gasteiger partial charge in [-0.25, -0.2) is 0 Å². The number of pyridine rings is 1. The Bertz CT molecular complexity index is 348. The number of aliphatic hydroxyl groups excluding tert-OH is 1. The van der Waals surface area contributed by atoms with Crippen molar-refractivity contribution < 1.29 is 5.11 Å². The van der Waals surface area contributed by atoms with E-state index in [9.17, 15) is 5.11 Å². The number of β-amino-alcohol motifs (C(OH)–C–C–N with tert-alkyl or cyclic N) is 1. The monoisotopic (exact) mass is 265 g/mol. The third kappa shape index (κ3) is 7.25. The number of hydrogen-bond donors (Lipinski definition) is 2. The van der Waals surface area contributed by atoms with E-state index in [-0.39, 0.29) is 11.6 Å². The number of aromatic nitrogens is 1. The molecule has 0 saturated heterocycles. The molecule has 0 aliphatic rings. The molecule has 0 amide bonds. The summed E-state index contributed by atoms with van der Waals surface area (Å²) in [6.45, 7) is 11.5. The average molecular weight is 265 g/mol. The van der Waals surface area contributed by atoms with Crippen LogP contribution in [0.1, 0.15) is 33.3 Å². The molecule has 4 nitrogen and oxygen atoms in total. The Labute approximate surface area is 116 Å². The van der Waals surface area contributed by atoms with Gasteiger partial charge in [0.05, 0.1) is 6.10 Å². The normalized spacial score (nSPS) is 13.8. The summed E-state index contributed by atoms with van der Waals surface area (Å²) >= 11 is 0. The molecule has 1 heterocycles. The molecular formula is C15H27N3O. The topological polar surface area (TPSA) is 48.4 Å². The highest BCUT2D eigenvalue weighted by Crippen LogP contribution is 2.04. The summed E-state index contributed by atoms with van der Waals surface area (Å²) in [6.07, 6.45) is 3.27. The van der Waals surface area contributed by atoms with E-state index in [1.54, 1.807) is 12.4 Å². The van der Waals surface area contributed by atoms with E-state index >= 15 is 0 Å². The van der Waals surface area contributed by atoms with Crippen molar-refractivity contribution in [2.45, 2.75) is 45.9 Å². The molecule has 0 aliphatic carbocycles. The van der Waals surface area contributed by atoms with Gasteiger partial charge in [-0.2, -0.15) is 0 Å². The van der Waals surface area contributed by atoms with Gasteiger partial charge in [0.1, 0.15) is 0 Å². The number of likely N-dealkylation sites (N-methyl/N-ethyl adjacent to an activating group) is 1. The van der Waals surface area contributed by atoms with Gasteiger partial charge in [0.25, 0.3) is 0 Å². The second-order valence-corrected chi connectivity index (χ2v) is 5.97. The van der Waals surface area contributed by atoms with Crippen molar-refractivity contribution in [2.24, 2.45) is 0 Å². The maximum atomic E-state index is 10.1. The largest absolute Gasteiger partial charge is 0.390 e. The Kier molecular flexibility index (Phi) is 6.42. The Balaban J connectivity index is 2.39. The highest BCUT2D eigenvalue weighted by Gasteiger charge is 2.14. The van der Waals surface area contributed by atoms with Crippen LogP contribution in [0.25, 0.3) is 0 Å². The minimum absolute atomic E-state index is 0.0448. The van der Waals surface area contributed by atoms with Crippen LogP contribution in [0.15, 0.2) is 24.5 Å². The van der Waals surface area contributed by atoms with Gasteiger partial charge in [-0.05, 0) is 45.0 Å². The molecule has 0 aliphatic heterocycles. The molecule has 0 bridgehead atoms. The van der Waals surface area contributed by atoms with E-state index in [4.69, 9.17) is 0 Å². The van der Waals surface area contributed by atoms with E-state index < -0.39 is 0 Å². The van der Waals surface area contributed by atoms with Crippen molar-refractivity contribution in [3.63, 3.8) is 0 Å². The number of rotatable bonds is 7. The van der Waals surface area contributed by atoms with Gasteiger partial charge in [0.2, 0.25) is 0 Å². The third-order valence-corrected chi connectivity index (χ3v) is 2.94. The molecule has 0 saturated carbocycles. The predicted octanol–water partition coefficient (Wildman–Crippen LogP) is 1.65. The minimum Gasteiger partial charge on any atom is -0.390 e. The first kappa shape index (κ1) is 16.1. The standard InChI is InChI=1S/C15H27N3O/c1-5-18(11-13-6-8-16-9-7-13)12-14(19)10-17-15(2,3)4/h6-9,14,17,19H,5,10-12H2,1-4H3. The Morgan fingerprint density at radius 1 is 1.32 bits per heavy atom. The number of nitrogens with one attached hydrogen (secondary N) is 1. The maximum absolute atomic E-state index is 10.1. The van der Waals surface area contributed by atoms with Crippen molar-refractivity contribution in [3.8, 4) is 0 Å². The van der Waals surface area contributed by atoms with Crippen LogP contribution >= 0.6 is 0 Å². The van der Waals surface area contributed by atoms with Crippen molar-refractivity contribution in [2.75, 3.05) is 19.6 Å². The lowest BCUT2D eigenvalue weighted by atomic mass is 10.1. The quantitative estimate of drug-likeness (QED) is 0.787. The second-order valence-electron chi connectivity index (χ2n) is 5.97. The third-order valence-electron chi connectivity index (χ3n) is 2.94. The van der Waals surface area contributed by atoms with Gasteiger partial charge in [-0.3, -0.25) is 9.88 Å². The fourth-order valence-electron chi connectivity index (χ4n) is 1.84. The molecule has 1 aromatic heterocycles. The van der Waals surface area contributed by atoms with E-state index in [1.807, 2.05) is 12.1 Å². The van der Waals surface area contributed by atoms with Crippen molar-refractivity contribution in [1.29, 1.82) is 0 Å². The van der Waals surface area contributed by atoms with Crippen LogP contribution in [0.3, 0.4) is 0 Å². The molecule has 1 unspecified atom stereocenters. The molecular weight excluding hydrogens is 238 g/mol. The van der Waals surface area contributed by atoms with Crippen molar-refractivity contribution >= 4 is 0 Å². The lowest BCUT2D eigenvalue weighted by Crippen LogP contribution is -2.44. The summed E-state index contributed by atoms with van der Waals surface area (Å²) in [4.78, 5) is 6.26. The molecule has 1 atom stereocenters. The summed E-state index contributed by atoms with van der Waals surface area (Å²) in [5.74, 6) is 0. The highest BCUT2D eigenvalue weighted by molar-refractivity contribution is 5.09. The zero-order valence-electron chi connectivity index (χ0n) is 12.6. The van der Waals surface area contributed by atoms with Crippen molar-refractivity contribution in [1.82, 2.24) is 15.2 Å². The predicted molar refractivity (Wildman–Crippen MR) is 79.0 cm³/mol. The molecule has 0 spiro atoms. The summed E-state index contributed by atoms with van der Waals surface area (Å²) in [5.41, 5.74) is 1.27. The van der Waals surface area contributed by atoms with Gasteiger partial charge in [0.15, 0.2) is 0 Å². The summed E-state index contributed by atoms with van der Waals surface area (Å²) < 4.78 is 0. The molecule has 1 rings (SSSR count). The number of hydrogen-bond acceptors (Lipinski definition) is 4. The number of aliphatic hydroxyl groups is 1. The Morgan fingerprint density at radius 2 is 1.95 bits per heavy atom. The summed E-state index contributed by atoms with van der Waals surface area (Å²) in [7, 11) is 0. The lowest BCUT2D eigenvalue weighted by molar-refractivity contribution is 0.104. The van der Waals surface area contributed by atoms with Gasteiger partial charge in [-0.15, -0.1) is 0 Å². The molecule has 108 valence electrons. The first-order chi connectivity index (χ1) is 8.90. The maximum Gasteiger partial charge on any atom is 0.0791 e.